The quantitative estimate of drug-likeness (QED) is 0.295. The molecule has 4 rings (SSSR count). The summed E-state index contributed by atoms with van der Waals surface area (Å²) in [6, 6.07) is 20.3. The lowest BCUT2D eigenvalue weighted by atomic mass is 9.95. The highest BCUT2D eigenvalue weighted by atomic mass is 32.2. The van der Waals surface area contributed by atoms with Crippen molar-refractivity contribution < 1.29 is 22.4 Å². The first-order valence-electron chi connectivity index (χ1n) is 14.7. The third kappa shape index (κ3) is 7.97. The number of nitrogens with zero attached hydrogens (tertiary/aromatic N) is 2. The largest absolute Gasteiger partial charge is 0.352 e. The van der Waals surface area contributed by atoms with Crippen LogP contribution < -0.4 is 9.62 Å². The number of sulfonamides is 1. The van der Waals surface area contributed by atoms with Crippen molar-refractivity contribution in [1.29, 1.82) is 0 Å². The standard InChI is InChI=1S/C33H40FN3O4S/c1-3-31(33(39)35-28-12-8-5-9-13-28)36(23-22-26-10-6-4-7-11-26)32(38)24-37(29-18-16-27(34)17-19-29)42(40,41)30-20-14-25(2)15-21-30/h4,6-7,10-11,14-21,28,31H,3,5,8-9,12-13,22-24H2,1-2H3,(H,35,39). The van der Waals surface area contributed by atoms with E-state index in [1.54, 1.807) is 12.1 Å². The summed E-state index contributed by atoms with van der Waals surface area (Å²) in [4.78, 5) is 29.2. The molecular formula is C33H40FN3O4S. The van der Waals surface area contributed by atoms with Crippen molar-refractivity contribution in [3.05, 3.63) is 95.8 Å². The van der Waals surface area contributed by atoms with Crippen LogP contribution in [0, 0.1) is 12.7 Å². The number of hydrogen-bond acceptors (Lipinski definition) is 4. The topological polar surface area (TPSA) is 86.8 Å². The average molecular weight is 594 g/mol. The van der Waals surface area contributed by atoms with Crippen LogP contribution in [-0.4, -0.2) is 50.3 Å². The Hall–Kier alpha value is -3.72. The maximum atomic E-state index is 14.1. The van der Waals surface area contributed by atoms with E-state index in [-0.39, 0.29) is 29.1 Å². The molecule has 1 aliphatic rings. The van der Waals surface area contributed by atoms with Crippen molar-refractivity contribution in [3.63, 3.8) is 0 Å². The van der Waals surface area contributed by atoms with E-state index >= 15 is 0 Å². The van der Waals surface area contributed by atoms with Crippen molar-refractivity contribution in [2.24, 2.45) is 0 Å². The van der Waals surface area contributed by atoms with Crippen LogP contribution in [0.1, 0.15) is 56.6 Å². The molecule has 0 bridgehead atoms. The fourth-order valence-corrected chi connectivity index (χ4v) is 6.83. The van der Waals surface area contributed by atoms with Gasteiger partial charge in [-0.15, -0.1) is 0 Å². The minimum Gasteiger partial charge on any atom is -0.352 e. The molecule has 1 saturated carbocycles. The lowest BCUT2D eigenvalue weighted by Gasteiger charge is -2.34. The van der Waals surface area contributed by atoms with Gasteiger partial charge in [0.1, 0.15) is 18.4 Å². The molecule has 0 aromatic heterocycles. The maximum Gasteiger partial charge on any atom is 0.264 e. The van der Waals surface area contributed by atoms with Crippen molar-refractivity contribution in [2.75, 3.05) is 17.4 Å². The number of benzene rings is 3. The molecule has 2 amide bonds. The molecule has 7 nitrogen and oxygen atoms in total. The summed E-state index contributed by atoms with van der Waals surface area (Å²) in [6.07, 6.45) is 5.96. The van der Waals surface area contributed by atoms with Crippen molar-refractivity contribution >= 4 is 27.5 Å². The molecule has 0 spiro atoms. The number of nitrogens with one attached hydrogen (secondary N) is 1. The van der Waals surface area contributed by atoms with Gasteiger partial charge in [-0.1, -0.05) is 74.2 Å². The van der Waals surface area contributed by atoms with Crippen molar-refractivity contribution in [2.45, 2.75) is 75.8 Å². The Bertz CT molecular complexity index is 1420. The zero-order valence-corrected chi connectivity index (χ0v) is 25.2. The SMILES string of the molecule is CCC(C(=O)NC1CCCCC1)N(CCc1ccccc1)C(=O)CN(c1ccc(F)cc1)S(=O)(=O)c1ccc(C)cc1. The molecule has 3 aromatic carbocycles. The van der Waals surface area contributed by atoms with E-state index in [1.807, 2.05) is 44.2 Å². The van der Waals surface area contributed by atoms with E-state index < -0.39 is 34.3 Å². The monoisotopic (exact) mass is 593 g/mol. The van der Waals surface area contributed by atoms with E-state index in [9.17, 15) is 22.4 Å². The van der Waals surface area contributed by atoms with Gasteiger partial charge in [0, 0.05) is 12.6 Å². The predicted octanol–water partition coefficient (Wildman–Crippen LogP) is 5.63. The summed E-state index contributed by atoms with van der Waals surface area (Å²) in [5.41, 5.74) is 2.05. The Morgan fingerprint density at radius 1 is 0.929 bits per heavy atom. The Morgan fingerprint density at radius 2 is 1.57 bits per heavy atom. The zero-order chi connectivity index (χ0) is 30.1. The third-order valence-corrected chi connectivity index (χ3v) is 9.61. The molecule has 224 valence electrons. The second-order valence-corrected chi connectivity index (χ2v) is 12.8. The number of amides is 2. The molecule has 42 heavy (non-hydrogen) atoms. The highest BCUT2D eigenvalue weighted by Crippen LogP contribution is 2.25. The minimum atomic E-state index is -4.19. The average Bonchev–Trinajstić information content (AvgIpc) is 2.99. The van der Waals surface area contributed by atoms with Gasteiger partial charge in [-0.25, -0.2) is 12.8 Å². The number of hydrogen-bond donors (Lipinski definition) is 1. The van der Waals surface area contributed by atoms with Gasteiger partial charge in [0.15, 0.2) is 0 Å². The van der Waals surface area contributed by atoms with Crippen LogP contribution in [0.15, 0.2) is 83.8 Å². The molecular weight excluding hydrogens is 553 g/mol. The molecule has 0 saturated heterocycles. The minimum absolute atomic E-state index is 0.0168. The lowest BCUT2D eigenvalue weighted by Crippen LogP contribution is -2.54. The van der Waals surface area contributed by atoms with Gasteiger partial charge in [-0.2, -0.15) is 0 Å². The molecule has 1 N–H and O–H groups in total. The van der Waals surface area contributed by atoms with Crippen LogP contribution in [0.2, 0.25) is 0 Å². The summed E-state index contributed by atoms with van der Waals surface area (Å²) in [5, 5.41) is 3.15. The van der Waals surface area contributed by atoms with Gasteiger partial charge in [-0.3, -0.25) is 13.9 Å². The van der Waals surface area contributed by atoms with Crippen LogP contribution in [0.3, 0.4) is 0 Å². The fourth-order valence-electron chi connectivity index (χ4n) is 5.41. The Balaban J connectivity index is 1.66. The zero-order valence-electron chi connectivity index (χ0n) is 24.3. The van der Waals surface area contributed by atoms with Gasteiger partial charge in [0.25, 0.3) is 10.0 Å². The molecule has 0 radical (unpaired) electrons. The molecule has 0 heterocycles. The molecule has 1 atom stereocenters. The van der Waals surface area contributed by atoms with E-state index in [1.165, 1.54) is 29.2 Å². The van der Waals surface area contributed by atoms with Crippen LogP contribution >= 0.6 is 0 Å². The van der Waals surface area contributed by atoms with E-state index in [0.717, 1.165) is 59.7 Å². The predicted molar refractivity (Wildman–Crippen MR) is 163 cm³/mol. The number of rotatable bonds is 12. The van der Waals surface area contributed by atoms with E-state index in [0.29, 0.717) is 12.8 Å². The second-order valence-electron chi connectivity index (χ2n) is 10.9. The van der Waals surface area contributed by atoms with Crippen LogP contribution in [0.5, 0.6) is 0 Å². The summed E-state index contributed by atoms with van der Waals surface area (Å²) in [5.74, 6) is -1.25. The first-order chi connectivity index (χ1) is 20.2. The lowest BCUT2D eigenvalue weighted by molar-refractivity contribution is -0.140. The number of carbonyl (C=O) groups is 2. The smallest absolute Gasteiger partial charge is 0.264 e. The first kappa shape index (κ1) is 31.2. The summed E-state index contributed by atoms with van der Waals surface area (Å²) in [7, 11) is -4.19. The highest BCUT2D eigenvalue weighted by molar-refractivity contribution is 7.92. The third-order valence-electron chi connectivity index (χ3n) is 7.82. The molecule has 9 heteroatoms. The molecule has 1 fully saturated rings. The Morgan fingerprint density at radius 3 is 2.19 bits per heavy atom. The van der Waals surface area contributed by atoms with Gasteiger partial charge in [0.05, 0.1) is 10.6 Å². The van der Waals surface area contributed by atoms with Gasteiger partial charge in [0.2, 0.25) is 11.8 Å². The number of aryl methyl sites for hydroxylation is 1. The molecule has 1 aliphatic carbocycles. The summed E-state index contributed by atoms with van der Waals surface area (Å²) >= 11 is 0. The highest BCUT2D eigenvalue weighted by Gasteiger charge is 2.34. The van der Waals surface area contributed by atoms with Crippen LogP contribution in [-0.2, 0) is 26.0 Å². The van der Waals surface area contributed by atoms with Crippen molar-refractivity contribution in [1.82, 2.24) is 10.2 Å². The van der Waals surface area contributed by atoms with Gasteiger partial charge < -0.3 is 10.2 Å². The summed E-state index contributed by atoms with van der Waals surface area (Å²) in [6.45, 7) is 3.41. The normalized spacial score (nSPS) is 14.6. The second kappa shape index (κ2) is 14.4. The van der Waals surface area contributed by atoms with Gasteiger partial charge in [-0.05, 0) is 74.6 Å². The van der Waals surface area contributed by atoms with Crippen LogP contribution in [0.25, 0.3) is 0 Å². The Labute approximate surface area is 248 Å². The van der Waals surface area contributed by atoms with Crippen LogP contribution in [0.4, 0.5) is 10.1 Å². The molecule has 3 aromatic rings. The van der Waals surface area contributed by atoms with Gasteiger partial charge >= 0.3 is 0 Å². The molecule has 1 unspecified atom stereocenters. The Kier molecular flexibility index (Phi) is 10.7. The number of anilines is 1. The van der Waals surface area contributed by atoms with E-state index in [4.69, 9.17) is 0 Å². The van der Waals surface area contributed by atoms with E-state index in [2.05, 4.69) is 5.32 Å². The van der Waals surface area contributed by atoms with Crippen molar-refractivity contribution in [3.8, 4) is 0 Å². The molecule has 0 aliphatic heterocycles. The number of halogens is 1. The maximum absolute atomic E-state index is 14.1. The first-order valence-corrected chi connectivity index (χ1v) is 16.1. The summed E-state index contributed by atoms with van der Waals surface area (Å²) < 4.78 is 42.6. The number of carbonyl (C=O) groups excluding carboxylic acids is 2. The fraction of sp³-hybridized carbons (Fsp3) is 0.394.